The second-order valence-electron chi connectivity index (χ2n) is 22.0. The molecule has 79 heavy (non-hydrogen) atoms. The van der Waals surface area contributed by atoms with Crippen LogP contribution in [0.15, 0.2) is 133 Å². The van der Waals surface area contributed by atoms with Gasteiger partial charge in [0.15, 0.2) is 33.1 Å². The number of esters is 1. The lowest BCUT2D eigenvalue weighted by Gasteiger charge is -2.50. The van der Waals surface area contributed by atoms with Crippen LogP contribution in [-0.2, 0) is 92.4 Å². The van der Waals surface area contributed by atoms with E-state index in [1.807, 2.05) is 128 Å². The molecule has 5 aliphatic heterocycles. The van der Waals surface area contributed by atoms with E-state index < -0.39 is 93.9 Å². The lowest BCUT2D eigenvalue weighted by molar-refractivity contribution is -0.405. The summed E-state index contributed by atoms with van der Waals surface area (Å²) in [5.41, 5.74) is 4.63. The average molecular weight is 1110 g/mol. The van der Waals surface area contributed by atoms with Crippen LogP contribution in [0.2, 0.25) is 18.1 Å². The maximum Gasteiger partial charge on any atom is 0.342 e. The smallest absolute Gasteiger partial charge is 0.342 e. The van der Waals surface area contributed by atoms with Gasteiger partial charge in [-0.05, 0) is 58.9 Å². The van der Waals surface area contributed by atoms with E-state index in [-0.39, 0.29) is 57.0 Å². The number of carbonyl (C=O) groups is 1. The van der Waals surface area contributed by atoms with Crippen LogP contribution in [0.5, 0.6) is 11.5 Å². The molecule has 1 spiro atoms. The molecule has 5 aromatic carbocycles. The molecule has 0 amide bonds. The van der Waals surface area contributed by atoms with Gasteiger partial charge in [-0.3, -0.25) is 0 Å². The second-order valence-corrected chi connectivity index (χ2v) is 26.8. The number of carbonyl (C=O) groups excluding carboxylic acids is 1. The number of ether oxygens (including phenoxy) is 15. The maximum atomic E-state index is 14.5. The summed E-state index contributed by atoms with van der Waals surface area (Å²) in [4.78, 5) is 14.5. The summed E-state index contributed by atoms with van der Waals surface area (Å²) < 4.78 is 105. The van der Waals surface area contributed by atoms with E-state index in [1.165, 1.54) is 0 Å². The van der Waals surface area contributed by atoms with Gasteiger partial charge in [0, 0.05) is 20.3 Å². The van der Waals surface area contributed by atoms with Crippen LogP contribution in [0.3, 0.4) is 0 Å². The number of methoxy groups -OCH3 is 2. The molecule has 0 saturated carbocycles. The normalized spacial score (nSPS) is 29.7. The van der Waals surface area contributed by atoms with Gasteiger partial charge >= 0.3 is 11.9 Å². The van der Waals surface area contributed by atoms with Crippen molar-refractivity contribution in [2.24, 2.45) is 0 Å². The van der Waals surface area contributed by atoms with Crippen LogP contribution in [0.1, 0.15) is 58.9 Å². The third-order valence-corrected chi connectivity index (χ3v) is 19.9. The summed E-state index contributed by atoms with van der Waals surface area (Å²) in [7, 11) is 0.799. The standard InChI is InChI=1S/C61H74O17Si/c1-39-29-44(65-31-40-21-13-9-14-22-40)30-45(66-32-41-23-15-10-16-24-41)49(39)57(62)73-47-37-72-61(56-52(47)70-38-71-56)76-48-36-69-58(55(50(48)77-61)68-34-43-27-19-12-20-28-43)75-59-54(64-6)53(67-33-42-25-17-11-18-26-42)51(46(74-59)35-63-5)78-79(7,8)60(2,3)4/h9-30,46-48,50-56,58-59H,31-38H2,1-8H3/t46-,47-,48+,50-,51-,52+,53+,54+,55-,56-,58+,59+,61-/m1/s1. The molecule has 424 valence electrons. The zero-order chi connectivity index (χ0) is 55.2. The zero-order valence-electron chi connectivity index (χ0n) is 46.2. The predicted octanol–water partition coefficient (Wildman–Crippen LogP) is 9.21. The summed E-state index contributed by atoms with van der Waals surface area (Å²) in [6.45, 7) is 13.7. The lowest BCUT2D eigenvalue weighted by atomic mass is 9.98. The van der Waals surface area contributed by atoms with Crippen molar-refractivity contribution < 1.29 is 80.3 Å². The molecule has 5 aliphatic rings. The van der Waals surface area contributed by atoms with E-state index in [0.717, 1.165) is 22.3 Å². The minimum atomic E-state index is -2.43. The minimum Gasteiger partial charge on any atom is -0.489 e. The SMILES string of the molecule is COC[C@H]1O[C@@H](O[C@@H]2OC[C@@H]3O[C@@]4(OC[C@@H](OC(=O)c5c(C)cc(OCc6ccccc6)cc5OCc5ccccc5)[C@@H]5OCO[C@H]54)O[C@H]3[C@H]2OCc2ccccc2)[C@@H](OC)[C@@H](OCc2ccccc2)[C@@H]1O[Si](C)(C)C(C)(C)C. The Hall–Kier alpha value is -5.13. The fourth-order valence-corrected chi connectivity index (χ4v) is 11.6. The van der Waals surface area contributed by atoms with Crippen molar-refractivity contribution in [2.75, 3.05) is 40.8 Å². The van der Waals surface area contributed by atoms with Crippen LogP contribution in [0.4, 0.5) is 0 Å². The van der Waals surface area contributed by atoms with Crippen LogP contribution in [0.25, 0.3) is 0 Å². The van der Waals surface area contributed by atoms with E-state index in [1.54, 1.807) is 26.4 Å². The van der Waals surface area contributed by atoms with Gasteiger partial charge in [-0.1, -0.05) is 142 Å². The maximum absolute atomic E-state index is 14.5. The van der Waals surface area contributed by atoms with Crippen molar-refractivity contribution in [1.82, 2.24) is 0 Å². The monoisotopic (exact) mass is 1110 g/mol. The van der Waals surface area contributed by atoms with Gasteiger partial charge in [0.25, 0.3) is 0 Å². The molecule has 0 radical (unpaired) electrons. The van der Waals surface area contributed by atoms with Gasteiger partial charge in [0.05, 0.1) is 33.0 Å². The average Bonchev–Trinajstić information content (AvgIpc) is 4.14. The van der Waals surface area contributed by atoms with E-state index in [9.17, 15) is 4.79 Å². The van der Waals surface area contributed by atoms with Gasteiger partial charge < -0.3 is 75.5 Å². The summed E-state index contributed by atoms with van der Waals surface area (Å²) in [5.74, 6) is -1.62. The van der Waals surface area contributed by atoms with Crippen LogP contribution in [-0.4, -0.2) is 135 Å². The molecule has 0 aromatic heterocycles. The molecular weight excluding hydrogens is 1030 g/mol. The largest absolute Gasteiger partial charge is 0.489 e. The van der Waals surface area contributed by atoms with Gasteiger partial charge in [-0.2, -0.15) is 0 Å². The molecule has 5 aromatic rings. The topological polar surface area (TPSA) is 165 Å². The molecule has 5 saturated heterocycles. The van der Waals surface area contributed by atoms with Crippen LogP contribution >= 0.6 is 0 Å². The van der Waals surface area contributed by atoms with E-state index in [0.29, 0.717) is 23.7 Å². The summed E-state index contributed by atoms with van der Waals surface area (Å²) in [5, 5.41) is -0.127. The lowest BCUT2D eigenvalue weighted by Crippen LogP contribution is -2.65. The van der Waals surface area contributed by atoms with Crippen molar-refractivity contribution in [3.8, 4) is 11.5 Å². The first-order valence-corrected chi connectivity index (χ1v) is 30.0. The Kier molecular flexibility index (Phi) is 18.3. The first-order valence-electron chi connectivity index (χ1n) is 27.1. The molecule has 17 nitrogen and oxygen atoms in total. The number of hydrogen-bond donors (Lipinski definition) is 0. The molecule has 0 bridgehead atoms. The minimum absolute atomic E-state index is 0.00923. The first kappa shape index (κ1) is 57.1. The highest BCUT2D eigenvalue weighted by molar-refractivity contribution is 6.74. The van der Waals surface area contributed by atoms with Crippen molar-refractivity contribution in [2.45, 2.75) is 152 Å². The number of fused-ring (bicyclic) bond motifs is 3. The van der Waals surface area contributed by atoms with Crippen LogP contribution in [0, 0.1) is 6.92 Å². The number of rotatable bonds is 21. The molecule has 5 fully saturated rings. The highest BCUT2D eigenvalue weighted by Gasteiger charge is 2.67. The fraction of sp³-hybridized carbons (Fsp3) is 0.492. The Balaban J connectivity index is 0.882. The molecule has 10 rings (SSSR count). The van der Waals surface area contributed by atoms with Crippen molar-refractivity contribution in [3.05, 3.63) is 167 Å². The Morgan fingerprint density at radius 2 is 1.25 bits per heavy atom. The van der Waals surface area contributed by atoms with Crippen molar-refractivity contribution in [1.29, 1.82) is 0 Å². The van der Waals surface area contributed by atoms with E-state index in [2.05, 4.69) is 33.9 Å². The second kappa shape index (κ2) is 25.3. The number of aryl methyl sites for hydroxylation is 1. The van der Waals surface area contributed by atoms with Gasteiger partial charge in [-0.25, -0.2) is 4.79 Å². The fourth-order valence-electron chi connectivity index (χ4n) is 10.3. The number of hydrogen-bond acceptors (Lipinski definition) is 17. The molecular formula is C61H74O17Si. The Morgan fingerprint density at radius 3 is 1.85 bits per heavy atom. The van der Waals surface area contributed by atoms with E-state index in [4.69, 9.17) is 75.5 Å². The first-order chi connectivity index (χ1) is 38.2. The molecule has 13 atom stereocenters. The Morgan fingerprint density at radius 1 is 0.658 bits per heavy atom. The molecule has 18 heteroatoms. The highest BCUT2D eigenvalue weighted by atomic mass is 28.4. The Bertz CT molecular complexity index is 2730. The quantitative estimate of drug-likeness (QED) is 0.0504. The van der Waals surface area contributed by atoms with Crippen molar-refractivity contribution in [3.63, 3.8) is 0 Å². The third kappa shape index (κ3) is 13.1. The summed E-state index contributed by atoms with van der Waals surface area (Å²) in [6.07, 6.45) is -10.1. The zero-order valence-corrected chi connectivity index (χ0v) is 47.2. The van der Waals surface area contributed by atoms with Gasteiger partial charge in [0.1, 0.15) is 85.9 Å². The molecule has 5 heterocycles. The third-order valence-electron chi connectivity index (χ3n) is 15.5. The van der Waals surface area contributed by atoms with Gasteiger partial charge in [-0.15, -0.1) is 0 Å². The molecule has 0 unspecified atom stereocenters. The number of benzene rings is 5. The van der Waals surface area contributed by atoms with Crippen molar-refractivity contribution >= 4 is 14.3 Å². The van der Waals surface area contributed by atoms with E-state index >= 15 is 0 Å². The summed E-state index contributed by atoms with van der Waals surface area (Å²) in [6, 6.07) is 42.8. The molecule has 0 aliphatic carbocycles. The summed E-state index contributed by atoms with van der Waals surface area (Å²) >= 11 is 0. The van der Waals surface area contributed by atoms with Gasteiger partial charge in [0.2, 0.25) is 0 Å². The highest BCUT2D eigenvalue weighted by Crippen LogP contribution is 2.47. The predicted molar refractivity (Wildman–Crippen MR) is 289 cm³/mol. The van der Waals surface area contributed by atoms with Crippen LogP contribution < -0.4 is 9.47 Å². The Labute approximate surface area is 463 Å². The molecule has 0 N–H and O–H groups in total.